The van der Waals surface area contributed by atoms with Crippen molar-refractivity contribution in [1.29, 1.82) is 0 Å². The third-order valence-corrected chi connectivity index (χ3v) is 3.43. The first-order valence-electron chi connectivity index (χ1n) is 5.97. The molecule has 0 aliphatic carbocycles. The van der Waals surface area contributed by atoms with Gasteiger partial charge in [-0.3, -0.25) is 0 Å². The molecule has 0 bridgehead atoms. The second-order valence-electron chi connectivity index (χ2n) is 4.62. The number of anilines is 1. The molecule has 2 aliphatic rings. The van der Waals surface area contributed by atoms with E-state index in [-0.39, 0.29) is 6.03 Å². The highest BCUT2D eigenvalue weighted by Crippen LogP contribution is 2.19. The Morgan fingerprint density at radius 1 is 1.41 bits per heavy atom. The van der Waals surface area contributed by atoms with Crippen LogP contribution in [0.2, 0.25) is 0 Å². The van der Waals surface area contributed by atoms with Gasteiger partial charge in [-0.2, -0.15) is 0 Å². The predicted molar refractivity (Wildman–Crippen MR) is 65.1 cm³/mol. The summed E-state index contributed by atoms with van der Waals surface area (Å²) in [6.45, 7) is 5.27. The molecule has 5 nitrogen and oxygen atoms in total. The molecule has 2 aliphatic heterocycles. The number of nitrogens with one attached hydrogen (secondary N) is 1. The van der Waals surface area contributed by atoms with Crippen molar-refractivity contribution in [1.82, 2.24) is 15.2 Å². The van der Waals surface area contributed by atoms with Gasteiger partial charge in [0.2, 0.25) is 0 Å². The summed E-state index contributed by atoms with van der Waals surface area (Å²) in [4.78, 5) is 20.2. The van der Waals surface area contributed by atoms with Crippen LogP contribution >= 0.6 is 0 Å². The summed E-state index contributed by atoms with van der Waals surface area (Å²) >= 11 is 0. The molecule has 90 valence electrons. The maximum absolute atomic E-state index is 11.5. The molecule has 2 fully saturated rings. The Morgan fingerprint density at radius 3 is 3.12 bits per heavy atom. The van der Waals surface area contributed by atoms with E-state index < -0.39 is 0 Å². The maximum atomic E-state index is 11.5. The lowest BCUT2D eigenvalue weighted by Gasteiger charge is -2.37. The van der Waals surface area contributed by atoms with Crippen molar-refractivity contribution in [2.24, 2.45) is 0 Å². The van der Waals surface area contributed by atoms with Crippen molar-refractivity contribution in [3.05, 3.63) is 23.9 Å². The second-order valence-corrected chi connectivity index (χ2v) is 4.62. The first kappa shape index (κ1) is 10.4. The lowest BCUT2D eigenvalue weighted by Crippen LogP contribution is -2.52. The van der Waals surface area contributed by atoms with E-state index in [1.807, 2.05) is 30.0 Å². The molecule has 1 atom stereocenters. The van der Waals surface area contributed by atoms with Gasteiger partial charge in [-0.05, 0) is 19.1 Å². The topological polar surface area (TPSA) is 48.5 Å². The average Bonchev–Trinajstić information content (AvgIpc) is 2.71. The minimum Gasteiger partial charge on any atom is -0.353 e. The normalized spacial score (nSPS) is 23.6. The monoisotopic (exact) mass is 232 g/mol. The number of aryl methyl sites for hydroxylation is 1. The number of hydrogen-bond donors (Lipinski definition) is 1. The van der Waals surface area contributed by atoms with Gasteiger partial charge in [-0.15, -0.1) is 0 Å². The van der Waals surface area contributed by atoms with E-state index >= 15 is 0 Å². The number of piperazine rings is 1. The Labute approximate surface area is 100 Å². The van der Waals surface area contributed by atoms with E-state index in [1.54, 1.807) is 0 Å². The number of amides is 2. The Kier molecular flexibility index (Phi) is 2.39. The molecule has 5 heteroatoms. The minimum atomic E-state index is 0.0758. The molecule has 0 radical (unpaired) electrons. The zero-order valence-corrected chi connectivity index (χ0v) is 9.89. The summed E-state index contributed by atoms with van der Waals surface area (Å²) < 4.78 is 0. The van der Waals surface area contributed by atoms with Gasteiger partial charge in [0.25, 0.3) is 0 Å². The number of carbonyl (C=O) groups is 1. The smallest absolute Gasteiger partial charge is 0.317 e. The van der Waals surface area contributed by atoms with Gasteiger partial charge in [-0.25, -0.2) is 9.78 Å². The Balaban J connectivity index is 1.77. The van der Waals surface area contributed by atoms with Crippen LogP contribution in [0.3, 0.4) is 0 Å². The van der Waals surface area contributed by atoms with Crippen molar-refractivity contribution in [3.63, 3.8) is 0 Å². The van der Waals surface area contributed by atoms with E-state index in [0.717, 1.165) is 37.7 Å². The third-order valence-electron chi connectivity index (χ3n) is 3.43. The van der Waals surface area contributed by atoms with Crippen molar-refractivity contribution in [3.8, 4) is 0 Å². The summed E-state index contributed by atoms with van der Waals surface area (Å²) in [5, 5.41) is 2.88. The molecule has 0 spiro atoms. The first-order valence-corrected chi connectivity index (χ1v) is 5.97. The van der Waals surface area contributed by atoms with Gasteiger partial charge >= 0.3 is 6.03 Å². The van der Waals surface area contributed by atoms with Crippen LogP contribution in [-0.4, -0.2) is 48.1 Å². The van der Waals surface area contributed by atoms with E-state index in [4.69, 9.17) is 0 Å². The van der Waals surface area contributed by atoms with Crippen LogP contribution in [0.25, 0.3) is 0 Å². The van der Waals surface area contributed by atoms with Crippen LogP contribution in [0, 0.1) is 6.92 Å². The minimum absolute atomic E-state index is 0.0758. The molecule has 1 aromatic rings. The molecule has 2 saturated heterocycles. The number of nitrogens with zero attached hydrogens (tertiary/aromatic N) is 3. The molecule has 1 unspecified atom stereocenters. The number of rotatable bonds is 1. The first-order chi connectivity index (χ1) is 8.24. The Bertz CT molecular complexity index is 448. The standard InChI is InChI=1S/C12H16N4O/c1-9-3-2-4-11(14-9)15-5-6-16-10(8-15)7-13-12(16)17/h2-4,10H,5-8H2,1H3,(H,13,17). The number of hydrogen-bond acceptors (Lipinski definition) is 3. The Hall–Kier alpha value is -1.78. The maximum Gasteiger partial charge on any atom is 0.317 e. The third kappa shape index (κ3) is 1.81. The average molecular weight is 232 g/mol. The number of carbonyl (C=O) groups excluding carboxylic acids is 1. The fourth-order valence-corrected chi connectivity index (χ4v) is 2.52. The molecule has 1 N–H and O–H groups in total. The fraction of sp³-hybridized carbons (Fsp3) is 0.500. The van der Waals surface area contributed by atoms with E-state index in [2.05, 4.69) is 15.2 Å². The molecule has 17 heavy (non-hydrogen) atoms. The molecule has 1 aromatic heterocycles. The molecule has 0 saturated carbocycles. The summed E-state index contributed by atoms with van der Waals surface area (Å²) in [7, 11) is 0. The van der Waals surface area contributed by atoms with Crippen LogP contribution in [0.4, 0.5) is 10.6 Å². The van der Waals surface area contributed by atoms with Crippen molar-refractivity contribution in [2.45, 2.75) is 13.0 Å². The number of urea groups is 1. The van der Waals surface area contributed by atoms with Crippen LogP contribution in [0.1, 0.15) is 5.69 Å². The quantitative estimate of drug-likeness (QED) is 0.771. The highest BCUT2D eigenvalue weighted by molar-refractivity contribution is 5.77. The molecule has 0 aromatic carbocycles. The van der Waals surface area contributed by atoms with Crippen molar-refractivity contribution in [2.75, 3.05) is 31.1 Å². The summed E-state index contributed by atoms with van der Waals surface area (Å²) in [6.07, 6.45) is 0. The van der Waals surface area contributed by atoms with Crippen LogP contribution < -0.4 is 10.2 Å². The number of pyridine rings is 1. The van der Waals surface area contributed by atoms with Gasteiger partial charge in [-0.1, -0.05) is 6.07 Å². The molecular weight excluding hydrogens is 216 g/mol. The molecular formula is C12H16N4O. The largest absolute Gasteiger partial charge is 0.353 e. The van der Waals surface area contributed by atoms with Crippen molar-refractivity contribution < 1.29 is 4.79 Å². The van der Waals surface area contributed by atoms with Gasteiger partial charge in [0, 0.05) is 31.9 Å². The van der Waals surface area contributed by atoms with Crippen LogP contribution in [-0.2, 0) is 0 Å². The summed E-state index contributed by atoms with van der Waals surface area (Å²) in [5.74, 6) is 1.02. The number of fused-ring (bicyclic) bond motifs is 1. The van der Waals surface area contributed by atoms with Gasteiger partial charge in [0.05, 0.1) is 6.04 Å². The highest BCUT2D eigenvalue weighted by atomic mass is 16.2. The lowest BCUT2D eigenvalue weighted by atomic mass is 10.2. The van der Waals surface area contributed by atoms with E-state index in [0.29, 0.717) is 6.04 Å². The van der Waals surface area contributed by atoms with E-state index in [1.165, 1.54) is 0 Å². The number of aromatic nitrogens is 1. The van der Waals surface area contributed by atoms with Gasteiger partial charge < -0.3 is 15.1 Å². The summed E-state index contributed by atoms with van der Waals surface area (Å²) in [6, 6.07) is 6.43. The predicted octanol–water partition coefficient (Wildman–Crippen LogP) is 0.604. The van der Waals surface area contributed by atoms with Crippen LogP contribution in [0.5, 0.6) is 0 Å². The fourth-order valence-electron chi connectivity index (χ4n) is 2.52. The zero-order chi connectivity index (χ0) is 11.8. The van der Waals surface area contributed by atoms with Gasteiger partial charge in [0.1, 0.15) is 5.82 Å². The summed E-state index contributed by atoms with van der Waals surface area (Å²) in [5.41, 5.74) is 1.03. The van der Waals surface area contributed by atoms with Crippen molar-refractivity contribution >= 4 is 11.8 Å². The second kappa shape index (κ2) is 3.91. The SMILES string of the molecule is Cc1cccc(N2CCN3C(=O)NCC3C2)n1. The highest BCUT2D eigenvalue weighted by Gasteiger charge is 2.35. The molecule has 2 amide bonds. The van der Waals surface area contributed by atoms with Crippen LogP contribution in [0.15, 0.2) is 18.2 Å². The Morgan fingerprint density at radius 2 is 2.29 bits per heavy atom. The molecule has 3 heterocycles. The molecule has 3 rings (SSSR count). The zero-order valence-electron chi connectivity index (χ0n) is 9.89. The van der Waals surface area contributed by atoms with E-state index in [9.17, 15) is 4.79 Å². The van der Waals surface area contributed by atoms with Gasteiger partial charge in [0.15, 0.2) is 0 Å². The lowest BCUT2D eigenvalue weighted by molar-refractivity contribution is 0.197.